The Morgan fingerprint density at radius 3 is 2.23 bits per heavy atom. The van der Waals surface area contributed by atoms with E-state index in [0.717, 1.165) is 13.1 Å². The second-order valence-corrected chi connectivity index (χ2v) is 3.01. The topological polar surface area (TPSA) is 3.24 Å². The van der Waals surface area contributed by atoms with E-state index in [1.54, 1.807) is 0 Å². The molecule has 0 saturated heterocycles. The van der Waals surface area contributed by atoms with Crippen LogP contribution in [0.5, 0.6) is 0 Å². The molecule has 0 N–H and O–H groups in total. The maximum Gasteiger partial charge on any atom is 0.0368 e. The molecule has 1 rings (SSSR count). The summed E-state index contributed by atoms with van der Waals surface area (Å²) in [6.45, 7) is 8.67. The smallest absolute Gasteiger partial charge is 0.0368 e. The predicted molar refractivity (Wildman–Crippen MR) is 60.5 cm³/mol. The third-order valence-electron chi connectivity index (χ3n) is 2.13. The molecule has 0 aliphatic heterocycles. The minimum atomic E-state index is 0. The van der Waals surface area contributed by atoms with E-state index < -0.39 is 0 Å². The first kappa shape index (κ1) is 12.6. The Bertz CT molecular complexity index is 244. The molecule has 67 valence electrons. The Balaban J connectivity index is 0.00000144. The van der Waals surface area contributed by atoms with Crippen molar-refractivity contribution in [1.82, 2.24) is 0 Å². The maximum atomic E-state index is 2.35. The minimum absolute atomic E-state index is 0. The SMILES string of the molecule is CCN(CC)c1cccc(C)c1.[Li]. The van der Waals surface area contributed by atoms with E-state index in [-0.39, 0.29) is 18.9 Å². The largest absolute Gasteiger partial charge is 0.372 e. The van der Waals surface area contributed by atoms with Crippen LogP contribution in [0.3, 0.4) is 0 Å². The molecule has 0 aliphatic carbocycles. The summed E-state index contributed by atoms with van der Waals surface area (Å²) in [6, 6.07) is 8.64. The molecule has 1 aromatic rings. The fourth-order valence-corrected chi connectivity index (χ4v) is 1.41. The quantitative estimate of drug-likeness (QED) is 0.630. The predicted octanol–water partition coefficient (Wildman–Crippen LogP) is 2.46. The van der Waals surface area contributed by atoms with Crippen molar-refractivity contribution in [2.45, 2.75) is 20.8 Å². The molecule has 0 saturated carbocycles. The summed E-state index contributed by atoms with van der Waals surface area (Å²) in [5.74, 6) is 0. The molecule has 2 heteroatoms. The van der Waals surface area contributed by atoms with Gasteiger partial charge in [0.05, 0.1) is 0 Å². The number of nitrogens with zero attached hydrogens (tertiary/aromatic N) is 1. The summed E-state index contributed by atoms with van der Waals surface area (Å²) in [6.07, 6.45) is 0. The molecule has 0 heterocycles. The minimum Gasteiger partial charge on any atom is -0.372 e. The number of anilines is 1. The average molecular weight is 170 g/mol. The van der Waals surface area contributed by atoms with Gasteiger partial charge >= 0.3 is 0 Å². The average Bonchev–Trinajstić information content (AvgIpc) is 2.07. The molecular weight excluding hydrogens is 153 g/mol. The van der Waals surface area contributed by atoms with E-state index in [2.05, 4.69) is 49.9 Å². The molecule has 0 bridgehead atoms. The zero-order chi connectivity index (χ0) is 8.97. The van der Waals surface area contributed by atoms with Gasteiger partial charge in [-0.05, 0) is 38.5 Å². The van der Waals surface area contributed by atoms with Gasteiger partial charge in [0.25, 0.3) is 0 Å². The van der Waals surface area contributed by atoms with Crippen LogP contribution in [-0.4, -0.2) is 32.0 Å². The van der Waals surface area contributed by atoms with Crippen molar-refractivity contribution in [3.63, 3.8) is 0 Å². The number of benzene rings is 1. The van der Waals surface area contributed by atoms with Gasteiger partial charge in [0, 0.05) is 37.6 Å². The zero-order valence-electron chi connectivity index (χ0n) is 9.17. The van der Waals surface area contributed by atoms with Gasteiger partial charge in [-0.15, -0.1) is 0 Å². The first-order valence-electron chi connectivity index (χ1n) is 4.59. The third kappa shape index (κ3) is 3.46. The molecule has 0 aromatic heterocycles. The number of rotatable bonds is 3. The molecule has 0 atom stereocenters. The third-order valence-corrected chi connectivity index (χ3v) is 2.13. The Labute approximate surface area is 93.3 Å². The first-order chi connectivity index (χ1) is 5.77. The van der Waals surface area contributed by atoms with Gasteiger partial charge in [0.15, 0.2) is 0 Å². The number of hydrogen-bond acceptors (Lipinski definition) is 1. The molecule has 0 unspecified atom stereocenters. The second kappa shape index (κ2) is 6.13. The van der Waals surface area contributed by atoms with Gasteiger partial charge < -0.3 is 4.90 Å². The maximum absolute atomic E-state index is 2.35. The number of aryl methyl sites for hydroxylation is 1. The fraction of sp³-hybridized carbons (Fsp3) is 0.455. The van der Waals surface area contributed by atoms with Crippen LogP contribution in [0.2, 0.25) is 0 Å². The molecule has 0 aliphatic rings. The number of hydrogen-bond donors (Lipinski definition) is 0. The van der Waals surface area contributed by atoms with Crippen LogP contribution in [0, 0.1) is 6.92 Å². The zero-order valence-corrected chi connectivity index (χ0v) is 9.17. The van der Waals surface area contributed by atoms with E-state index >= 15 is 0 Å². The van der Waals surface area contributed by atoms with Crippen LogP contribution in [-0.2, 0) is 0 Å². The summed E-state index contributed by atoms with van der Waals surface area (Å²) in [5.41, 5.74) is 2.67. The van der Waals surface area contributed by atoms with Crippen LogP contribution < -0.4 is 4.90 Å². The van der Waals surface area contributed by atoms with Crippen molar-refractivity contribution in [3.05, 3.63) is 29.8 Å². The molecule has 1 radical (unpaired) electrons. The van der Waals surface area contributed by atoms with Crippen molar-refractivity contribution in [3.8, 4) is 0 Å². The molecule has 1 aromatic carbocycles. The van der Waals surface area contributed by atoms with Crippen molar-refractivity contribution < 1.29 is 0 Å². The van der Waals surface area contributed by atoms with Crippen LogP contribution in [0.15, 0.2) is 24.3 Å². The summed E-state index contributed by atoms with van der Waals surface area (Å²) in [7, 11) is 0. The Morgan fingerprint density at radius 2 is 1.77 bits per heavy atom. The first-order valence-corrected chi connectivity index (χ1v) is 4.59. The second-order valence-electron chi connectivity index (χ2n) is 3.01. The van der Waals surface area contributed by atoms with Crippen LogP contribution in [0.4, 0.5) is 5.69 Å². The van der Waals surface area contributed by atoms with Gasteiger partial charge in [0.1, 0.15) is 0 Å². The molecule has 0 fully saturated rings. The Hall–Kier alpha value is -0.383. The molecule has 1 nitrogen and oxygen atoms in total. The van der Waals surface area contributed by atoms with Gasteiger partial charge in [-0.2, -0.15) is 0 Å². The molecule has 0 amide bonds. The van der Waals surface area contributed by atoms with E-state index in [0.29, 0.717) is 0 Å². The van der Waals surface area contributed by atoms with Gasteiger partial charge in [0.2, 0.25) is 0 Å². The van der Waals surface area contributed by atoms with Crippen LogP contribution >= 0.6 is 0 Å². The van der Waals surface area contributed by atoms with Crippen molar-refractivity contribution in [2.24, 2.45) is 0 Å². The van der Waals surface area contributed by atoms with Crippen LogP contribution in [0.1, 0.15) is 19.4 Å². The summed E-state index contributed by atoms with van der Waals surface area (Å²) >= 11 is 0. The normalized spacial score (nSPS) is 9.15. The standard InChI is InChI=1S/C11H17N.Li/c1-4-12(5-2)11-8-6-7-10(3)9-11;/h6-9H,4-5H2,1-3H3;. The van der Waals surface area contributed by atoms with E-state index in [4.69, 9.17) is 0 Å². The van der Waals surface area contributed by atoms with Crippen molar-refractivity contribution >= 4 is 24.5 Å². The molecular formula is C11H17LiN. The summed E-state index contributed by atoms with van der Waals surface area (Å²) < 4.78 is 0. The van der Waals surface area contributed by atoms with Gasteiger partial charge in [-0.25, -0.2) is 0 Å². The van der Waals surface area contributed by atoms with Crippen molar-refractivity contribution in [2.75, 3.05) is 18.0 Å². The monoisotopic (exact) mass is 170 g/mol. The van der Waals surface area contributed by atoms with Crippen LogP contribution in [0.25, 0.3) is 0 Å². The van der Waals surface area contributed by atoms with Gasteiger partial charge in [-0.1, -0.05) is 12.1 Å². The Kier molecular flexibility index (Phi) is 5.95. The van der Waals surface area contributed by atoms with E-state index in [1.807, 2.05) is 0 Å². The van der Waals surface area contributed by atoms with Crippen molar-refractivity contribution in [1.29, 1.82) is 0 Å². The van der Waals surface area contributed by atoms with E-state index in [1.165, 1.54) is 11.3 Å². The summed E-state index contributed by atoms with van der Waals surface area (Å²) in [4.78, 5) is 2.35. The Morgan fingerprint density at radius 1 is 1.15 bits per heavy atom. The molecule has 0 spiro atoms. The molecule has 13 heavy (non-hydrogen) atoms. The fourth-order valence-electron chi connectivity index (χ4n) is 1.41. The van der Waals surface area contributed by atoms with Gasteiger partial charge in [-0.3, -0.25) is 0 Å². The summed E-state index contributed by atoms with van der Waals surface area (Å²) in [5, 5.41) is 0. The van der Waals surface area contributed by atoms with E-state index in [9.17, 15) is 0 Å².